The van der Waals surface area contributed by atoms with Crippen molar-refractivity contribution in [2.24, 2.45) is 0 Å². The number of carbonyl (C=O) groups excluding carboxylic acids is 1. The second-order valence-electron chi connectivity index (χ2n) is 7.63. The summed E-state index contributed by atoms with van der Waals surface area (Å²) in [5, 5.41) is 6.58. The molecule has 7 nitrogen and oxygen atoms in total. The summed E-state index contributed by atoms with van der Waals surface area (Å²) in [6.45, 7) is 7.03. The number of hydrogen-bond acceptors (Lipinski definition) is 6. The average molecular weight is 452 g/mol. The summed E-state index contributed by atoms with van der Waals surface area (Å²) in [6, 6.07) is 13.2. The maximum Gasteiger partial charge on any atom is 0.257 e. The number of amides is 1. The van der Waals surface area contributed by atoms with E-state index in [2.05, 4.69) is 25.5 Å². The fourth-order valence-electron chi connectivity index (χ4n) is 3.55. The maximum atomic E-state index is 12.8. The van der Waals surface area contributed by atoms with Crippen LogP contribution in [0.25, 0.3) is 11.3 Å². The zero-order valence-corrected chi connectivity index (χ0v) is 18.7. The summed E-state index contributed by atoms with van der Waals surface area (Å²) in [5.41, 5.74) is 4.00. The Kier molecular flexibility index (Phi) is 7.32. The molecule has 1 amide bonds. The number of rotatable bonds is 7. The highest BCUT2D eigenvalue weighted by Gasteiger charge is 2.13. The smallest absolute Gasteiger partial charge is 0.257 e. The molecule has 4 rings (SSSR count). The Morgan fingerprint density at radius 3 is 2.75 bits per heavy atom. The second-order valence-corrected chi connectivity index (χ2v) is 8.04. The number of aryl methyl sites for hydroxylation is 1. The van der Waals surface area contributed by atoms with Gasteiger partial charge in [0.1, 0.15) is 5.82 Å². The van der Waals surface area contributed by atoms with E-state index >= 15 is 0 Å². The van der Waals surface area contributed by atoms with Gasteiger partial charge in [0.2, 0.25) is 0 Å². The van der Waals surface area contributed by atoms with Crippen LogP contribution in [-0.2, 0) is 4.74 Å². The Balaban J connectivity index is 1.39. The zero-order valence-electron chi connectivity index (χ0n) is 18.0. The summed E-state index contributed by atoms with van der Waals surface area (Å²) in [4.78, 5) is 23.8. The van der Waals surface area contributed by atoms with Crippen LogP contribution in [0.4, 0.5) is 11.5 Å². The predicted molar refractivity (Wildman–Crippen MR) is 127 cm³/mol. The molecule has 166 valence electrons. The van der Waals surface area contributed by atoms with Crippen LogP contribution in [0.1, 0.15) is 15.9 Å². The molecule has 2 N–H and O–H groups in total. The van der Waals surface area contributed by atoms with E-state index in [0.29, 0.717) is 22.1 Å². The standard InChI is InChI=1S/C24H26ClN5O2/c1-17-5-6-19(15-20(17)22-4-2-3-7-26-22)29-24(31)18-14-21(25)23(28-16-18)27-8-9-30-10-12-32-13-11-30/h2-7,14-16H,8-13H2,1H3,(H,27,28)(H,29,31). The van der Waals surface area contributed by atoms with Crippen LogP contribution in [0.5, 0.6) is 0 Å². The van der Waals surface area contributed by atoms with Gasteiger partial charge in [0.25, 0.3) is 5.91 Å². The quantitative estimate of drug-likeness (QED) is 0.563. The van der Waals surface area contributed by atoms with Gasteiger partial charge in [0.15, 0.2) is 0 Å². The van der Waals surface area contributed by atoms with E-state index in [1.165, 1.54) is 6.20 Å². The molecular formula is C24H26ClN5O2. The topological polar surface area (TPSA) is 79.4 Å². The lowest BCUT2D eigenvalue weighted by atomic mass is 10.0. The number of nitrogens with one attached hydrogen (secondary N) is 2. The molecule has 3 aromatic rings. The van der Waals surface area contributed by atoms with E-state index in [4.69, 9.17) is 16.3 Å². The van der Waals surface area contributed by atoms with Crippen LogP contribution >= 0.6 is 11.6 Å². The Labute approximate surface area is 192 Å². The van der Waals surface area contributed by atoms with Gasteiger partial charge in [-0.3, -0.25) is 14.7 Å². The van der Waals surface area contributed by atoms with Gasteiger partial charge in [-0.1, -0.05) is 23.7 Å². The summed E-state index contributed by atoms with van der Waals surface area (Å²) >= 11 is 6.38. The first-order valence-corrected chi connectivity index (χ1v) is 11.0. The van der Waals surface area contributed by atoms with E-state index in [9.17, 15) is 4.79 Å². The van der Waals surface area contributed by atoms with E-state index in [0.717, 1.165) is 56.2 Å². The maximum absolute atomic E-state index is 12.8. The van der Waals surface area contributed by atoms with E-state index in [-0.39, 0.29) is 5.91 Å². The molecule has 2 aromatic heterocycles. The third-order valence-electron chi connectivity index (χ3n) is 5.36. The Hall–Kier alpha value is -3.00. The first-order chi connectivity index (χ1) is 15.6. The predicted octanol–water partition coefficient (Wildman–Crippen LogP) is 4.10. The van der Waals surface area contributed by atoms with Gasteiger partial charge in [-0.2, -0.15) is 0 Å². The molecule has 0 radical (unpaired) electrons. The fraction of sp³-hybridized carbons (Fsp3) is 0.292. The van der Waals surface area contributed by atoms with Gasteiger partial charge in [-0.25, -0.2) is 4.98 Å². The molecule has 0 bridgehead atoms. The van der Waals surface area contributed by atoms with Gasteiger partial charge < -0.3 is 15.4 Å². The molecule has 1 saturated heterocycles. The Bertz CT molecular complexity index is 1070. The summed E-state index contributed by atoms with van der Waals surface area (Å²) in [6.07, 6.45) is 3.29. The first kappa shape index (κ1) is 22.2. The van der Waals surface area contributed by atoms with Crippen molar-refractivity contribution < 1.29 is 9.53 Å². The minimum Gasteiger partial charge on any atom is -0.379 e. The molecule has 1 aromatic carbocycles. The monoisotopic (exact) mass is 451 g/mol. The average Bonchev–Trinajstić information content (AvgIpc) is 2.82. The molecule has 1 aliphatic heterocycles. The largest absolute Gasteiger partial charge is 0.379 e. The van der Waals surface area contributed by atoms with Crippen molar-refractivity contribution in [2.45, 2.75) is 6.92 Å². The van der Waals surface area contributed by atoms with Crippen molar-refractivity contribution in [3.63, 3.8) is 0 Å². The minimum atomic E-state index is -0.268. The van der Waals surface area contributed by atoms with Crippen molar-refractivity contribution in [1.82, 2.24) is 14.9 Å². The highest BCUT2D eigenvalue weighted by molar-refractivity contribution is 6.33. The third-order valence-corrected chi connectivity index (χ3v) is 5.65. The van der Waals surface area contributed by atoms with Gasteiger partial charge in [0, 0.05) is 49.8 Å². The summed E-state index contributed by atoms with van der Waals surface area (Å²) < 4.78 is 5.36. The van der Waals surface area contributed by atoms with Gasteiger partial charge in [-0.15, -0.1) is 0 Å². The Morgan fingerprint density at radius 1 is 1.16 bits per heavy atom. The molecule has 32 heavy (non-hydrogen) atoms. The number of anilines is 2. The van der Waals surface area contributed by atoms with Crippen LogP contribution in [0.15, 0.2) is 54.9 Å². The van der Waals surface area contributed by atoms with Crippen molar-refractivity contribution in [1.29, 1.82) is 0 Å². The lowest BCUT2D eigenvalue weighted by molar-refractivity contribution is 0.0398. The number of ether oxygens (including phenoxy) is 1. The van der Waals surface area contributed by atoms with E-state index in [1.54, 1.807) is 12.3 Å². The van der Waals surface area contributed by atoms with Crippen molar-refractivity contribution in [3.8, 4) is 11.3 Å². The Morgan fingerprint density at radius 2 is 2.00 bits per heavy atom. The van der Waals surface area contributed by atoms with Crippen molar-refractivity contribution in [2.75, 3.05) is 50.0 Å². The number of hydrogen-bond donors (Lipinski definition) is 2. The summed E-state index contributed by atoms with van der Waals surface area (Å²) in [5.74, 6) is 0.305. The lowest BCUT2D eigenvalue weighted by Crippen LogP contribution is -2.39. The minimum absolute atomic E-state index is 0.268. The van der Waals surface area contributed by atoms with Crippen LogP contribution in [0, 0.1) is 6.92 Å². The van der Waals surface area contributed by atoms with E-state index < -0.39 is 0 Å². The number of nitrogens with zero attached hydrogens (tertiary/aromatic N) is 3. The molecule has 3 heterocycles. The number of aromatic nitrogens is 2. The molecule has 0 saturated carbocycles. The van der Waals surface area contributed by atoms with Crippen molar-refractivity contribution >= 4 is 29.0 Å². The van der Waals surface area contributed by atoms with Gasteiger partial charge >= 0.3 is 0 Å². The SMILES string of the molecule is Cc1ccc(NC(=O)c2cnc(NCCN3CCOCC3)c(Cl)c2)cc1-c1ccccn1. The van der Waals surface area contributed by atoms with Crippen LogP contribution in [-0.4, -0.2) is 60.2 Å². The number of halogens is 1. The molecule has 0 atom stereocenters. The highest BCUT2D eigenvalue weighted by atomic mass is 35.5. The highest BCUT2D eigenvalue weighted by Crippen LogP contribution is 2.26. The van der Waals surface area contributed by atoms with Crippen molar-refractivity contribution in [3.05, 3.63) is 71.0 Å². The molecule has 1 fully saturated rings. The zero-order chi connectivity index (χ0) is 22.3. The third kappa shape index (κ3) is 5.62. The van der Waals surface area contributed by atoms with Gasteiger partial charge in [0.05, 0.1) is 29.5 Å². The number of morpholine rings is 1. The molecule has 0 unspecified atom stereocenters. The van der Waals surface area contributed by atoms with Crippen LogP contribution < -0.4 is 10.6 Å². The fourth-order valence-corrected chi connectivity index (χ4v) is 3.78. The number of pyridine rings is 2. The molecule has 8 heteroatoms. The molecule has 0 spiro atoms. The second kappa shape index (κ2) is 10.5. The van der Waals surface area contributed by atoms with Gasteiger partial charge in [-0.05, 0) is 42.8 Å². The van der Waals surface area contributed by atoms with E-state index in [1.807, 2.05) is 43.3 Å². The molecule has 0 aliphatic carbocycles. The molecular weight excluding hydrogens is 426 g/mol. The summed E-state index contributed by atoms with van der Waals surface area (Å²) in [7, 11) is 0. The van der Waals surface area contributed by atoms with Crippen LogP contribution in [0.3, 0.4) is 0 Å². The molecule has 1 aliphatic rings. The number of benzene rings is 1. The normalized spacial score (nSPS) is 14.2. The number of carbonyl (C=O) groups is 1. The first-order valence-electron chi connectivity index (χ1n) is 10.6. The lowest BCUT2D eigenvalue weighted by Gasteiger charge is -2.26. The van der Waals surface area contributed by atoms with Crippen LogP contribution in [0.2, 0.25) is 5.02 Å².